The maximum atomic E-state index is 12.7. The van der Waals surface area contributed by atoms with Gasteiger partial charge in [0, 0.05) is 0 Å². The maximum absolute atomic E-state index is 12.7. The first kappa shape index (κ1) is 19.0. The molecule has 2 N–H and O–H groups in total. The lowest BCUT2D eigenvalue weighted by molar-refractivity contribution is -0.126. The largest absolute Gasteiger partial charge is 0.492 e. The molecule has 0 saturated heterocycles. The summed E-state index contributed by atoms with van der Waals surface area (Å²) < 4.78 is 11.6. The van der Waals surface area contributed by atoms with Crippen molar-refractivity contribution < 1.29 is 14.3 Å². The topological polar surface area (TPSA) is 77.7 Å². The number of aromatic nitrogens is 1. The van der Waals surface area contributed by atoms with E-state index in [0.717, 1.165) is 5.75 Å². The number of pyridine rings is 1. The Bertz CT molecular complexity index is 812. The van der Waals surface area contributed by atoms with Gasteiger partial charge in [0.25, 0.3) is 5.91 Å². The highest BCUT2D eigenvalue weighted by Crippen LogP contribution is 2.33. The van der Waals surface area contributed by atoms with Crippen LogP contribution in [0.3, 0.4) is 0 Å². The van der Waals surface area contributed by atoms with Crippen LogP contribution in [0.1, 0.15) is 39.7 Å². The number of hydrogen-bond acceptors (Lipinski definition) is 5. The summed E-state index contributed by atoms with van der Waals surface area (Å²) in [7, 11) is 0. The number of rotatable bonds is 5. The van der Waals surface area contributed by atoms with Gasteiger partial charge in [-0.2, -0.15) is 0 Å². The van der Waals surface area contributed by atoms with Gasteiger partial charge in [-0.3, -0.25) is 9.69 Å². The third-order valence-electron chi connectivity index (χ3n) is 4.60. The molecule has 27 heavy (non-hydrogen) atoms. The third-order valence-corrected chi connectivity index (χ3v) is 4.60. The SMILES string of the molecule is CCC1Oc2ccc(N)nc2N(CCOc2ccc(C(C)(C)C)cc2)C1=O. The fourth-order valence-electron chi connectivity index (χ4n) is 3.00. The highest BCUT2D eigenvalue weighted by molar-refractivity contribution is 5.99. The van der Waals surface area contributed by atoms with Crippen LogP contribution >= 0.6 is 0 Å². The lowest BCUT2D eigenvalue weighted by atomic mass is 9.87. The zero-order chi connectivity index (χ0) is 19.6. The molecule has 0 bridgehead atoms. The Morgan fingerprint density at radius 3 is 2.52 bits per heavy atom. The number of hydrogen-bond donors (Lipinski definition) is 1. The Kier molecular flexibility index (Phi) is 5.26. The molecule has 1 amide bonds. The molecule has 0 fully saturated rings. The zero-order valence-corrected chi connectivity index (χ0v) is 16.4. The molecule has 2 aromatic rings. The van der Waals surface area contributed by atoms with Gasteiger partial charge in [0.1, 0.15) is 18.2 Å². The molecule has 6 heteroatoms. The number of fused-ring (bicyclic) bond motifs is 1. The van der Waals surface area contributed by atoms with E-state index in [1.54, 1.807) is 17.0 Å². The second-order valence-electron chi connectivity index (χ2n) is 7.69. The molecule has 1 aliphatic rings. The van der Waals surface area contributed by atoms with Crippen LogP contribution in [0, 0.1) is 0 Å². The summed E-state index contributed by atoms with van der Waals surface area (Å²) in [6.07, 6.45) is 0.0860. The van der Waals surface area contributed by atoms with E-state index in [1.165, 1.54) is 5.56 Å². The minimum atomic E-state index is -0.506. The first-order valence-corrected chi connectivity index (χ1v) is 9.27. The first-order valence-electron chi connectivity index (χ1n) is 9.27. The molecule has 0 saturated carbocycles. The van der Waals surface area contributed by atoms with Crippen LogP contribution in [0.25, 0.3) is 0 Å². The number of anilines is 2. The highest BCUT2D eigenvalue weighted by atomic mass is 16.5. The van der Waals surface area contributed by atoms with E-state index in [0.29, 0.717) is 37.0 Å². The molecule has 0 spiro atoms. The molecular weight excluding hydrogens is 342 g/mol. The Morgan fingerprint density at radius 2 is 1.89 bits per heavy atom. The summed E-state index contributed by atoms with van der Waals surface area (Å²) in [5, 5.41) is 0. The highest BCUT2D eigenvalue weighted by Gasteiger charge is 2.34. The molecular formula is C21H27N3O3. The van der Waals surface area contributed by atoms with Gasteiger partial charge in [0.2, 0.25) is 0 Å². The normalized spacial score (nSPS) is 16.7. The van der Waals surface area contributed by atoms with Gasteiger partial charge in [-0.25, -0.2) is 4.98 Å². The summed E-state index contributed by atoms with van der Waals surface area (Å²) in [5.41, 5.74) is 7.14. The lowest BCUT2D eigenvalue weighted by Gasteiger charge is -2.33. The van der Waals surface area contributed by atoms with E-state index in [4.69, 9.17) is 15.2 Å². The van der Waals surface area contributed by atoms with Gasteiger partial charge in [-0.1, -0.05) is 39.8 Å². The predicted octanol–water partition coefficient (Wildman–Crippen LogP) is 3.54. The summed E-state index contributed by atoms with van der Waals surface area (Å²) in [6, 6.07) is 11.5. The van der Waals surface area contributed by atoms with Gasteiger partial charge >= 0.3 is 0 Å². The molecule has 2 heterocycles. The smallest absolute Gasteiger partial charge is 0.269 e. The number of carbonyl (C=O) groups excluding carboxylic acids is 1. The van der Waals surface area contributed by atoms with Crippen LogP contribution in [0.2, 0.25) is 0 Å². The summed E-state index contributed by atoms with van der Waals surface area (Å²) in [4.78, 5) is 18.6. The van der Waals surface area contributed by atoms with E-state index in [-0.39, 0.29) is 11.3 Å². The number of nitrogens with two attached hydrogens (primary N) is 1. The molecule has 1 aliphatic heterocycles. The van der Waals surface area contributed by atoms with E-state index in [9.17, 15) is 4.79 Å². The Morgan fingerprint density at radius 1 is 1.19 bits per heavy atom. The van der Waals surface area contributed by atoms with Crippen LogP contribution in [0.15, 0.2) is 36.4 Å². The van der Waals surface area contributed by atoms with Gasteiger partial charge in [-0.05, 0) is 41.7 Å². The average Bonchev–Trinajstić information content (AvgIpc) is 2.63. The summed E-state index contributed by atoms with van der Waals surface area (Å²) in [6.45, 7) is 9.17. The fourth-order valence-corrected chi connectivity index (χ4v) is 3.00. The first-order chi connectivity index (χ1) is 12.8. The minimum Gasteiger partial charge on any atom is -0.492 e. The minimum absolute atomic E-state index is 0.100. The Labute approximate surface area is 160 Å². The van der Waals surface area contributed by atoms with Crippen molar-refractivity contribution in [3.63, 3.8) is 0 Å². The number of carbonyl (C=O) groups is 1. The quantitative estimate of drug-likeness (QED) is 0.872. The van der Waals surface area contributed by atoms with Crippen molar-refractivity contribution in [3.05, 3.63) is 42.0 Å². The second kappa shape index (κ2) is 7.47. The standard InChI is InChI=1S/C21H27N3O3/c1-5-16-20(25)24(19-17(27-16)10-11-18(22)23-19)12-13-26-15-8-6-14(7-9-15)21(2,3)4/h6-11,16H,5,12-13H2,1-4H3,(H2,22,23). The van der Waals surface area contributed by atoms with Gasteiger partial charge < -0.3 is 15.2 Å². The summed E-state index contributed by atoms with van der Waals surface area (Å²) >= 11 is 0. The van der Waals surface area contributed by atoms with E-state index in [1.807, 2.05) is 19.1 Å². The molecule has 1 atom stereocenters. The van der Waals surface area contributed by atoms with Crippen LogP contribution < -0.4 is 20.1 Å². The molecule has 1 aromatic carbocycles. The zero-order valence-electron chi connectivity index (χ0n) is 16.4. The van der Waals surface area contributed by atoms with Gasteiger partial charge in [-0.15, -0.1) is 0 Å². The fraction of sp³-hybridized carbons (Fsp3) is 0.429. The predicted molar refractivity (Wildman–Crippen MR) is 106 cm³/mol. The number of amides is 1. The number of nitrogens with zero attached hydrogens (tertiary/aromatic N) is 2. The molecule has 0 aliphatic carbocycles. The van der Waals surface area contributed by atoms with Crippen LogP contribution in [0.4, 0.5) is 11.6 Å². The van der Waals surface area contributed by atoms with E-state index in [2.05, 4.69) is 37.9 Å². The third kappa shape index (κ3) is 4.15. The number of ether oxygens (including phenoxy) is 2. The van der Waals surface area contributed by atoms with Gasteiger partial charge in [0.05, 0.1) is 6.54 Å². The second-order valence-corrected chi connectivity index (χ2v) is 7.69. The van der Waals surface area contributed by atoms with Crippen molar-refractivity contribution in [2.24, 2.45) is 0 Å². The summed E-state index contributed by atoms with van der Waals surface area (Å²) in [5.74, 6) is 2.04. The number of benzene rings is 1. The van der Waals surface area contributed by atoms with Crippen LogP contribution in [-0.4, -0.2) is 30.1 Å². The molecule has 1 unspecified atom stereocenters. The van der Waals surface area contributed by atoms with Crippen molar-refractivity contribution in [2.45, 2.75) is 45.6 Å². The van der Waals surface area contributed by atoms with E-state index < -0.39 is 6.10 Å². The van der Waals surface area contributed by atoms with Crippen LogP contribution in [-0.2, 0) is 10.2 Å². The monoisotopic (exact) mass is 369 g/mol. The maximum Gasteiger partial charge on any atom is 0.269 e. The molecule has 144 valence electrons. The molecule has 3 rings (SSSR count). The van der Waals surface area contributed by atoms with E-state index >= 15 is 0 Å². The van der Waals surface area contributed by atoms with Crippen molar-refractivity contribution in [1.29, 1.82) is 0 Å². The lowest BCUT2D eigenvalue weighted by Crippen LogP contribution is -2.47. The van der Waals surface area contributed by atoms with Gasteiger partial charge in [0.15, 0.2) is 17.7 Å². The molecule has 6 nitrogen and oxygen atoms in total. The molecule has 0 radical (unpaired) electrons. The molecule has 1 aromatic heterocycles. The Balaban J connectivity index is 1.69. The number of nitrogen functional groups attached to an aromatic ring is 1. The average molecular weight is 369 g/mol. The van der Waals surface area contributed by atoms with Crippen molar-refractivity contribution in [1.82, 2.24) is 4.98 Å². The Hall–Kier alpha value is -2.76. The van der Waals surface area contributed by atoms with Crippen molar-refractivity contribution >= 4 is 17.5 Å². The van der Waals surface area contributed by atoms with Crippen molar-refractivity contribution in [2.75, 3.05) is 23.8 Å². The van der Waals surface area contributed by atoms with Crippen molar-refractivity contribution in [3.8, 4) is 11.5 Å². The van der Waals surface area contributed by atoms with Crippen LogP contribution in [0.5, 0.6) is 11.5 Å².